The molecule has 2 aliphatic carbocycles. The number of amides is 3. The van der Waals surface area contributed by atoms with Crippen LogP contribution in [0.5, 0.6) is 0 Å². The number of hydrogen-bond acceptors (Lipinski definition) is 15. The smallest absolute Gasteiger partial charge is 0.355 e. The minimum Gasteiger partial charge on any atom is -0.476 e. The van der Waals surface area contributed by atoms with Crippen LogP contribution in [0.4, 0.5) is 21.4 Å². The maximum absolute atomic E-state index is 12.7. The lowest BCUT2D eigenvalue weighted by atomic mass is 9.95. The van der Waals surface area contributed by atoms with E-state index in [9.17, 15) is 19.2 Å². The Morgan fingerprint density at radius 1 is 0.677 bits per heavy atom. The van der Waals surface area contributed by atoms with Crippen LogP contribution in [0, 0.1) is 0 Å². The van der Waals surface area contributed by atoms with Crippen molar-refractivity contribution in [2.24, 2.45) is 0 Å². The topological polar surface area (TPSA) is 226 Å². The average Bonchev–Trinajstić information content (AvgIpc) is 4.10. The van der Waals surface area contributed by atoms with E-state index in [1.54, 1.807) is 82.5 Å². The number of aryl methyl sites for hydroxylation is 2. The van der Waals surface area contributed by atoms with Gasteiger partial charge in [0.05, 0.1) is 17.6 Å². The summed E-state index contributed by atoms with van der Waals surface area (Å²) < 4.78 is 0. The Hall–Kier alpha value is -5.44. The van der Waals surface area contributed by atoms with Gasteiger partial charge in [-0.3, -0.25) is 24.4 Å². The molecular weight excluding hydrogens is 901 g/mol. The van der Waals surface area contributed by atoms with Gasteiger partial charge in [-0.25, -0.2) is 14.8 Å². The van der Waals surface area contributed by atoms with E-state index in [1.165, 1.54) is 43.6 Å². The Morgan fingerprint density at radius 2 is 1.17 bits per heavy atom. The number of carboxylic acid groups (broad SMARTS) is 1. The summed E-state index contributed by atoms with van der Waals surface area (Å²) in [4.78, 5) is 68.1. The molecule has 3 amide bonds. The van der Waals surface area contributed by atoms with Gasteiger partial charge in [-0.1, -0.05) is 27.7 Å². The van der Waals surface area contributed by atoms with Gasteiger partial charge in [-0.15, -0.1) is 45.3 Å². The number of carboxylic acids is 1. The lowest BCUT2D eigenvalue weighted by Crippen LogP contribution is -2.27. The Kier molecular flexibility index (Phi) is 18.2. The minimum atomic E-state index is -1.03. The van der Waals surface area contributed by atoms with Gasteiger partial charge < -0.3 is 37.4 Å². The van der Waals surface area contributed by atoms with Crippen LogP contribution in [0.15, 0.2) is 59.8 Å². The summed E-state index contributed by atoms with van der Waals surface area (Å²) in [6.07, 6.45) is 15.9. The van der Waals surface area contributed by atoms with Gasteiger partial charge in [0.1, 0.15) is 25.7 Å². The second-order valence-electron chi connectivity index (χ2n) is 16.0. The molecule has 0 bridgehead atoms. The summed E-state index contributed by atoms with van der Waals surface area (Å²) >= 11 is 6.02. The Morgan fingerprint density at radius 3 is 1.60 bits per heavy atom. The second kappa shape index (κ2) is 24.2. The van der Waals surface area contributed by atoms with Crippen molar-refractivity contribution in [3.63, 3.8) is 0 Å². The Balaban J connectivity index is 0.000000190. The largest absolute Gasteiger partial charge is 0.476 e. The molecule has 6 heterocycles. The zero-order valence-corrected chi connectivity index (χ0v) is 40.3. The number of nitrogen functional groups attached to an aromatic ring is 1. The lowest BCUT2D eigenvalue weighted by molar-refractivity contribution is -0.116. The van der Waals surface area contributed by atoms with Gasteiger partial charge in [-0.2, -0.15) is 0 Å². The third-order valence-electron chi connectivity index (χ3n) is 10.1. The highest BCUT2D eigenvalue weighted by molar-refractivity contribution is 7.19. The molecule has 0 aromatic carbocycles. The number of aromatic nitrogens is 4. The van der Waals surface area contributed by atoms with E-state index >= 15 is 0 Å². The van der Waals surface area contributed by atoms with E-state index in [2.05, 4.69) is 60.4 Å². The first-order chi connectivity index (χ1) is 31.4. The number of anilines is 4. The highest BCUT2D eigenvalue weighted by Gasteiger charge is 2.27. The van der Waals surface area contributed by atoms with Crippen molar-refractivity contribution in [1.29, 1.82) is 0 Å². The second-order valence-corrected chi connectivity index (χ2v) is 19.9. The number of rotatable bonds is 15. The fraction of sp³-hybridized carbons (Fsp3) is 0.391. The first-order valence-electron chi connectivity index (χ1n) is 21.7. The van der Waals surface area contributed by atoms with Crippen molar-refractivity contribution in [2.45, 2.75) is 104 Å². The van der Waals surface area contributed by atoms with Crippen LogP contribution in [0.2, 0.25) is 0 Å². The molecule has 6 aromatic rings. The number of nitrogens with zero attached hydrogens (tertiary/aromatic N) is 4. The number of carbonyl (C=O) groups is 4. The number of thiophene rings is 2. The highest BCUT2D eigenvalue weighted by atomic mass is 32.1. The summed E-state index contributed by atoms with van der Waals surface area (Å²) in [7, 11) is 0. The molecule has 65 heavy (non-hydrogen) atoms. The van der Waals surface area contributed by atoms with Gasteiger partial charge in [-0.05, 0) is 86.8 Å². The van der Waals surface area contributed by atoms with Crippen LogP contribution in [-0.4, -0.2) is 73.9 Å². The molecule has 344 valence electrons. The maximum atomic E-state index is 12.7. The van der Waals surface area contributed by atoms with E-state index in [0.29, 0.717) is 60.1 Å². The minimum absolute atomic E-state index is 0.0101. The van der Waals surface area contributed by atoms with Gasteiger partial charge >= 0.3 is 5.97 Å². The molecule has 0 radical (unpaired) electrons. The third-order valence-corrected chi connectivity index (χ3v) is 14.3. The molecule has 0 unspecified atom stereocenters. The third kappa shape index (κ3) is 14.3. The van der Waals surface area contributed by atoms with Crippen molar-refractivity contribution in [3.8, 4) is 21.1 Å². The fourth-order valence-electron chi connectivity index (χ4n) is 7.07. The zero-order valence-electron chi connectivity index (χ0n) is 37.0. The van der Waals surface area contributed by atoms with Crippen LogP contribution < -0.4 is 32.3 Å². The summed E-state index contributed by atoms with van der Waals surface area (Å²) in [5, 5.41) is 31.1. The Bertz CT molecular complexity index is 2520. The van der Waals surface area contributed by atoms with Gasteiger partial charge in [0.25, 0.3) is 5.91 Å². The normalized spacial score (nSPS) is 12.8. The SMILES string of the molecule is CC(C)NCCC(=O)Nc1sc2c(c1-c1nc(C(=O)Nc3cccnc3)cs1)CCCC2.CC(C)NCCC(=O)Nc1sc2c(c1-c1nc(C(=O)O)cs1)CCCC2.Nc1cccnc1. The van der Waals surface area contributed by atoms with Gasteiger partial charge in [0.15, 0.2) is 5.69 Å². The number of pyridine rings is 2. The summed E-state index contributed by atoms with van der Waals surface area (Å²) in [5.74, 6) is -1.34. The Labute approximate surface area is 395 Å². The zero-order chi connectivity index (χ0) is 46.3. The van der Waals surface area contributed by atoms with Crippen LogP contribution in [0.1, 0.15) is 108 Å². The van der Waals surface area contributed by atoms with Crippen molar-refractivity contribution in [2.75, 3.05) is 34.8 Å². The predicted molar refractivity (Wildman–Crippen MR) is 265 cm³/mol. The summed E-state index contributed by atoms with van der Waals surface area (Å²) in [5.41, 5.74) is 11.5. The van der Waals surface area contributed by atoms with Crippen molar-refractivity contribution in [3.05, 3.63) is 92.1 Å². The van der Waals surface area contributed by atoms with Crippen molar-refractivity contribution >= 4 is 90.4 Å². The fourth-order valence-corrected chi connectivity index (χ4v) is 11.6. The standard InChI is InChI=1S/C23H27N5O2S2.C18H23N3O3S2.C5H6N2/c1-14(2)25-11-9-19(29)28-23-20(16-7-3-4-8-18(16)32-23)22-27-17(13-31-22)21(30)26-15-6-5-10-24-12-15;1-10(2)19-8-7-14(22)21-17-15(11-5-3-4-6-13(11)26-17)16-20-12(9-25-16)18(23)24;6-5-2-1-3-7-4-5/h5-6,10,12-14,25H,3-4,7-9,11H2,1-2H3,(H,26,30)(H,28,29);9-10,19H,3-8H2,1-2H3,(H,21,22)(H,23,24);1-4H,6H2. The number of nitrogens with one attached hydrogen (secondary N) is 5. The predicted octanol–water partition coefficient (Wildman–Crippen LogP) is 9.16. The molecular formula is C46H56N10O5S4. The monoisotopic (exact) mass is 956 g/mol. The number of carbonyl (C=O) groups excluding carboxylic acids is 3. The summed E-state index contributed by atoms with van der Waals surface area (Å²) in [6, 6.07) is 7.85. The average molecular weight is 957 g/mol. The van der Waals surface area contributed by atoms with E-state index < -0.39 is 5.97 Å². The number of fused-ring (bicyclic) bond motifs is 2. The maximum Gasteiger partial charge on any atom is 0.355 e. The van der Waals surface area contributed by atoms with E-state index in [0.717, 1.165) is 77.5 Å². The first kappa shape index (κ1) is 49.0. The molecule has 0 saturated carbocycles. The van der Waals surface area contributed by atoms with E-state index in [4.69, 9.17) is 10.8 Å². The quantitative estimate of drug-likeness (QED) is 0.0512. The van der Waals surface area contributed by atoms with Crippen LogP contribution in [0.3, 0.4) is 0 Å². The van der Waals surface area contributed by atoms with Crippen LogP contribution >= 0.6 is 45.3 Å². The number of thiazole rings is 2. The van der Waals surface area contributed by atoms with E-state index in [-0.39, 0.29) is 23.4 Å². The van der Waals surface area contributed by atoms with Gasteiger partial charge in [0.2, 0.25) is 11.8 Å². The molecule has 8 rings (SSSR count). The molecule has 19 heteroatoms. The molecule has 6 aromatic heterocycles. The highest BCUT2D eigenvalue weighted by Crippen LogP contribution is 2.46. The van der Waals surface area contributed by atoms with E-state index in [1.807, 2.05) is 13.8 Å². The van der Waals surface area contributed by atoms with Crippen molar-refractivity contribution < 1.29 is 24.3 Å². The molecule has 0 fully saturated rings. The lowest BCUT2D eigenvalue weighted by Gasteiger charge is -2.12. The van der Waals surface area contributed by atoms with Crippen LogP contribution in [-0.2, 0) is 35.3 Å². The molecule has 0 aliphatic heterocycles. The number of nitrogens with two attached hydrogens (primary N) is 1. The first-order valence-corrected chi connectivity index (χ1v) is 25.1. The summed E-state index contributed by atoms with van der Waals surface area (Å²) in [6.45, 7) is 9.49. The molecule has 0 spiro atoms. The molecule has 2 aliphatic rings. The number of aromatic carboxylic acids is 1. The van der Waals surface area contributed by atoms with Gasteiger partial charge in [0, 0.05) is 88.2 Å². The molecule has 8 N–H and O–H groups in total. The van der Waals surface area contributed by atoms with Crippen molar-refractivity contribution in [1.82, 2.24) is 30.6 Å². The molecule has 0 saturated heterocycles. The number of hydrogen-bond donors (Lipinski definition) is 7. The molecule has 0 atom stereocenters. The molecule has 15 nitrogen and oxygen atoms in total. The van der Waals surface area contributed by atoms with Crippen LogP contribution in [0.25, 0.3) is 21.1 Å².